The number of nitrogens with zero attached hydrogens (tertiary/aromatic N) is 1. The molecule has 6 heteroatoms. The molecular weight excluding hydrogens is 246 g/mol. The van der Waals surface area contributed by atoms with Gasteiger partial charge in [-0.1, -0.05) is 0 Å². The van der Waals surface area contributed by atoms with Crippen molar-refractivity contribution in [3.63, 3.8) is 0 Å². The average Bonchev–Trinajstić information content (AvgIpc) is 3.23. The molecule has 0 aliphatic heterocycles. The molecule has 1 heterocycles. The van der Waals surface area contributed by atoms with Crippen molar-refractivity contribution in [3.05, 3.63) is 29.6 Å². The fraction of sp³-hybridized carbons (Fsp3) is 0.462. The van der Waals surface area contributed by atoms with Gasteiger partial charge in [0.05, 0.1) is 5.69 Å². The molecule has 102 valence electrons. The summed E-state index contributed by atoms with van der Waals surface area (Å²) in [7, 11) is 0. The molecule has 0 spiro atoms. The largest absolute Gasteiger partial charge is 0.480 e. The van der Waals surface area contributed by atoms with Crippen LogP contribution in [0.1, 0.15) is 35.8 Å². The minimum Gasteiger partial charge on any atom is -0.480 e. The molecule has 1 aliphatic carbocycles. The van der Waals surface area contributed by atoms with E-state index in [0.717, 1.165) is 12.8 Å². The summed E-state index contributed by atoms with van der Waals surface area (Å²) >= 11 is 0. The Morgan fingerprint density at radius 1 is 1.58 bits per heavy atom. The number of aliphatic carboxylic acids is 1. The Labute approximate surface area is 111 Å². The monoisotopic (exact) mass is 263 g/mol. The number of aromatic nitrogens is 1. The molecular formula is C13H17N3O3. The van der Waals surface area contributed by atoms with E-state index in [-0.39, 0.29) is 12.5 Å². The van der Waals surface area contributed by atoms with E-state index in [4.69, 9.17) is 5.73 Å². The van der Waals surface area contributed by atoms with Gasteiger partial charge in [0.25, 0.3) is 5.91 Å². The number of hydrogen-bond donors (Lipinski definition) is 3. The topological polar surface area (TPSA) is 105 Å². The quantitative estimate of drug-likeness (QED) is 0.718. The number of carbonyl (C=O) groups excluding carboxylic acids is 1. The van der Waals surface area contributed by atoms with Crippen LogP contribution in [0.25, 0.3) is 0 Å². The molecule has 1 amide bonds. The van der Waals surface area contributed by atoms with Crippen LogP contribution in [0.5, 0.6) is 0 Å². The highest BCUT2D eigenvalue weighted by molar-refractivity contribution is 5.98. The van der Waals surface area contributed by atoms with Crippen molar-refractivity contribution >= 4 is 11.9 Å². The van der Waals surface area contributed by atoms with E-state index in [1.807, 2.05) is 0 Å². The fourth-order valence-electron chi connectivity index (χ4n) is 2.03. The minimum absolute atomic E-state index is 0.00441. The van der Waals surface area contributed by atoms with Crippen molar-refractivity contribution in [2.45, 2.75) is 31.8 Å². The molecule has 4 N–H and O–H groups in total. The van der Waals surface area contributed by atoms with E-state index < -0.39 is 17.4 Å². The first-order valence-corrected chi connectivity index (χ1v) is 6.18. The van der Waals surface area contributed by atoms with Gasteiger partial charge in [0.15, 0.2) is 0 Å². The van der Waals surface area contributed by atoms with Crippen LogP contribution in [-0.4, -0.2) is 27.5 Å². The number of pyridine rings is 1. The number of carboxylic acid groups (broad SMARTS) is 1. The van der Waals surface area contributed by atoms with Gasteiger partial charge in [0.2, 0.25) is 0 Å². The van der Waals surface area contributed by atoms with Crippen LogP contribution in [-0.2, 0) is 11.3 Å². The van der Waals surface area contributed by atoms with Crippen molar-refractivity contribution in [2.24, 2.45) is 11.7 Å². The number of rotatable bonds is 5. The van der Waals surface area contributed by atoms with Crippen LogP contribution >= 0.6 is 0 Å². The Morgan fingerprint density at radius 2 is 2.26 bits per heavy atom. The van der Waals surface area contributed by atoms with Gasteiger partial charge in [0, 0.05) is 18.3 Å². The summed E-state index contributed by atoms with van der Waals surface area (Å²) in [5.74, 6) is -1.41. The molecule has 1 atom stereocenters. The van der Waals surface area contributed by atoms with Crippen LogP contribution in [0.2, 0.25) is 0 Å². The Hall–Kier alpha value is -1.95. The van der Waals surface area contributed by atoms with Crippen molar-refractivity contribution in [3.8, 4) is 0 Å². The predicted octanol–water partition coefficient (Wildman–Crippen LogP) is 0.523. The van der Waals surface area contributed by atoms with Gasteiger partial charge in [-0.25, -0.2) is 4.79 Å². The summed E-state index contributed by atoms with van der Waals surface area (Å²) in [5.41, 5.74) is 5.23. The lowest BCUT2D eigenvalue weighted by molar-refractivity contribution is -0.144. The third kappa shape index (κ3) is 2.73. The van der Waals surface area contributed by atoms with Crippen molar-refractivity contribution in [1.29, 1.82) is 0 Å². The third-order valence-corrected chi connectivity index (χ3v) is 3.50. The highest BCUT2D eigenvalue weighted by atomic mass is 16.4. The average molecular weight is 263 g/mol. The zero-order valence-electron chi connectivity index (χ0n) is 10.7. The summed E-state index contributed by atoms with van der Waals surface area (Å²) < 4.78 is 0. The van der Waals surface area contributed by atoms with Crippen molar-refractivity contribution in [2.75, 3.05) is 0 Å². The molecule has 0 radical (unpaired) electrons. The van der Waals surface area contributed by atoms with E-state index in [1.54, 1.807) is 19.1 Å². The minimum atomic E-state index is -1.21. The summed E-state index contributed by atoms with van der Waals surface area (Å²) in [5, 5.41) is 11.9. The van der Waals surface area contributed by atoms with E-state index in [1.165, 1.54) is 6.20 Å². The second kappa shape index (κ2) is 4.97. The van der Waals surface area contributed by atoms with E-state index in [9.17, 15) is 14.7 Å². The summed E-state index contributed by atoms with van der Waals surface area (Å²) in [6, 6.07) is 3.12. The fourth-order valence-corrected chi connectivity index (χ4v) is 2.03. The normalized spacial score (nSPS) is 17.6. The van der Waals surface area contributed by atoms with Crippen LogP contribution < -0.4 is 11.1 Å². The number of carboxylic acids is 1. The molecule has 6 nitrogen and oxygen atoms in total. The van der Waals surface area contributed by atoms with Crippen LogP contribution in [0.3, 0.4) is 0 Å². The lowest BCUT2D eigenvalue weighted by Gasteiger charge is -2.26. The molecule has 1 aromatic heterocycles. The molecule has 1 fully saturated rings. The first-order valence-electron chi connectivity index (χ1n) is 6.18. The second-order valence-electron chi connectivity index (χ2n) is 4.98. The number of nitrogens with one attached hydrogen (secondary N) is 1. The number of carbonyl (C=O) groups is 2. The second-order valence-corrected chi connectivity index (χ2v) is 4.98. The third-order valence-electron chi connectivity index (χ3n) is 3.50. The zero-order chi connectivity index (χ0) is 14.0. The molecule has 1 aromatic rings. The van der Waals surface area contributed by atoms with Gasteiger partial charge in [-0.15, -0.1) is 0 Å². The van der Waals surface area contributed by atoms with Crippen LogP contribution in [0.15, 0.2) is 18.3 Å². The van der Waals surface area contributed by atoms with Gasteiger partial charge in [-0.2, -0.15) is 0 Å². The summed E-state index contributed by atoms with van der Waals surface area (Å²) in [4.78, 5) is 27.5. The van der Waals surface area contributed by atoms with Crippen molar-refractivity contribution < 1.29 is 14.7 Å². The van der Waals surface area contributed by atoms with Gasteiger partial charge < -0.3 is 16.2 Å². The Morgan fingerprint density at radius 3 is 2.79 bits per heavy atom. The molecule has 2 rings (SSSR count). The van der Waals surface area contributed by atoms with Gasteiger partial charge in [-0.3, -0.25) is 9.78 Å². The molecule has 1 unspecified atom stereocenters. The Kier molecular flexibility index (Phi) is 3.53. The maximum Gasteiger partial charge on any atom is 0.329 e. The predicted molar refractivity (Wildman–Crippen MR) is 68.4 cm³/mol. The lowest BCUT2D eigenvalue weighted by atomic mass is 9.95. The van der Waals surface area contributed by atoms with Crippen LogP contribution in [0, 0.1) is 5.92 Å². The molecule has 1 saturated carbocycles. The summed E-state index contributed by atoms with van der Waals surface area (Å²) in [6.45, 7) is 1.79. The first-order chi connectivity index (χ1) is 8.97. The van der Waals surface area contributed by atoms with Gasteiger partial charge >= 0.3 is 5.97 Å². The highest BCUT2D eigenvalue weighted by Crippen LogP contribution is 2.39. The maximum absolute atomic E-state index is 12.1. The SMILES string of the molecule is CC(NC(=O)c1ccnc(CN)c1)(C(=O)O)C1CC1. The first kappa shape index (κ1) is 13.5. The summed E-state index contributed by atoms with van der Waals surface area (Å²) in [6.07, 6.45) is 3.15. The molecule has 0 aromatic carbocycles. The Bertz CT molecular complexity index is 514. The molecule has 0 bridgehead atoms. The number of hydrogen-bond acceptors (Lipinski definition) is 4. The lowest BCUT2D eigenvalue weighted by Crippen LogP contribution is -2.54. The van der Waals surface area contributed by atoms with Crippen molar-refractivity contribution in [1.82, 2.24) is 10.3 Å². The molecule has 19 heavy (non-hydrogen) atoms. The standard InChI is InChI=1S/C13H17N3O3/c1-13(12(18)19,9-2-3-9)16-11(17)8-4-5-15-10(6-8)7-14/h4-6,9H,2-3,7,14H2,1H3,(H,16,17)(H,18,19). The zero-order valence-corrected chi connectivity index (χ0v) is 10.7. The smallest absolute Gasteiger partial charge is 0.329 e. The van der Waals surface area contributed by atoms with E-state index >= 15 is 0 Å². The van der Waals surface area contributed by atoms with E-state index in [2.05, 4.69) is 10.3 Å². The molecule has 0 saturated heterocycles. The number of nitrogens with two attached hydrogens (primary N) is 1. The Balaban J connectivity index is 2.17. The number of amides is 1. The van der Waals surface area contributed by atoms with Gasteiger partial charge in [-0.05, 0) is 37.8 Å². The van der Waals surface area contributed by atoms with Gasteiger partial charge in [0.1, 0.15) is 5.54 Å². The highest BCUT2D eigenvalue weighted by Gasteiger charge is 2.48. The van der Waals surface area contributed by atoms with E-state index in [0.29, 0.717) is 11.3 Å². The van der Waals surface area contributed by atoms with Crippen LogP contribution in [0.4, 0.5) is 0 Å². The maximum atomic E-state index is 12.1. The molecule has 1 aliphatic rings.